The minimum absolute atomic E-state index is 0.0579. The van der Waals surface area contributed by atoms with Gasteiger partial charge < -0.3 is 15.4 Å². The van der Waals surface area contributed by atoms with E-state index in [9.17, 15) is 14.9 Å². The van der Waals surface area contributed by atoms with E-state index in [1.54, 1.807) is 31.2 Å². The molecular weight excluding hydrogens is 314 g/mol. The Kier molecular flexibility index (Phi) is 5.48. The molecule has 0 spiro atoms. The van der Waals surface area contributed by atoms with Gasteiger partial charge in [0.05, 0.1) is 18.2 Å². The molecule has 0 saturated heterocycles. The van der Waals surface area contributed by atoms with Gasteiger partial charge in [0.1, 0.15) is 11.8 Å². The predicted octanol–water partition coefficient (Wildman–Crippen LogP) is 0.914. The number of hydrogen-bond donors (Lipinski definition) is 2. The van der Waals surface area contributed by atoms with Crippen LogP contribution in [0.3, 0.4) is 0 Å². The van der Waals surface area contributed by atoms with Crippen LogP contribution in [-0.2, 0) is 18.4 Å². The molecule has 0 saturated carbocycles. The van der Waals surface area contributed by atoms with E-state index in [1.165, 1.54) is 25.3 Å². The van der Waals surface area contributed by atoms with E-state index >= 15 is 0 Å². The Labute approximate surface area is 138 Å². The number of amides is 1. The molecule has 24 heavy (non-hydrogen) atoms. The first-order valence-electron chi connectivity index (χ1n) is 7.21. The Balaban J connectivity index is 2.12. The van der Waals surface area contributed by atoms with Crippen molar-refractivity contribution in [1.82, 2.24) is 20.4 Å². The number of ether oxygens (including phenoxy) is 1. The minimum atomic E-state index is -0.566. The van der Waals surface area contributed by atoms with Gasteiger partial charge in [0.25, 0.3) is 5.69 Å². The molecule has 1 amide bonds. The van der Waals surface area contributed by atoms with Crippen molar-refractivity contribution >= 4 is 11.6 Å². The van der Waals surface area contributed by atoms with Crippen molar-refractivity contribution in [1.29, 1.82) is 0 Å². The third-order valence-corrected chi connectivity index (χ3v) is 3.54. The van der Waals surface area contributed by atoms with Crippen molar-refractivity contribution in [3.05, 3.63) is 51.8 Å². The number of nitro groups is 1. The third-order valence-electron chi connectivity index (χ3n) is 3.54. The zero-order chi connectivity index (χ0) is 17.7. The molecule has 128 valence electrons. The molecule has 0 fully saturated rings. The van der Waals surface area contributed by atoms with E-state index < -0.39 is 11.0 Å². The summed E-state index contributed by atoms with van der Waals surface area (Å²) in [6, 6.07) is 3.69. The first kappa shape index (κ1) is 17.4. The number of aryl methyl sites for hydroxylation is 1. The lowest BCUT2D eigenvalue weighted by Crippen LogP contribution is -2.35. The number of carbonyl (C=O) groups is 1. The molecule has 0 aliphatic carbocycles. The van der Waals surface area contributed by atoms with Crippen molar-refractivity contribution in [2.75, 3.05) is 14.2 Å². The lowest BCUT2D eigenvalue weighted by Gasteiger charge is -2.15. The minimum Gasteiger partial charge on any atom is -0.496 e. The van der Waals surface area contributed by atoms with Gasteiger partial charge in [0.2, 0.25) is 5.91 Å². The highest BCUT2D eigenvalue weighted by Gasteiger charge is 2.20. The number of methoxy groups -OCH3 is 1. The molecule has 0 bridgehead atoms. The van der Waals surface area contributed by atoms with Gasteiger partial charge in [0.15, 0.2) is 0 Å². The van der Waals surface area contributed by atoms with Crippen LogP contribution in [-0.4, -0.2) is 34.8 Å². The first-order chi connectivity index (χ1) is 11.5. The molecule has 0 aliphatic heterocycles. The van der Waals surface area contributed by atoms with Gasteiger partial charge in [-0.3, -0.25) is 19.6 Å². The summed E-state index contributed by atoms with van der Waals surface area (Å²) in [4.78, 5) is 22.8. The van der Waals surface area contributed by atoms with Crippen LogP contribution in [0.25, 0.3) is 0 Å². The monoisotopic (exact) mass is 333 g/mol. The van der Waals surface area contributed by atoms with Crippen molar-refractivity contribution in [2.24, 2.45) is 7.05 Å². The largest absolute Gasteiger partial charge is 0.496 e. The van der Waals surface area contributed by atoms with Gasteiger partial charge in [-0.05, 0) is 13.1 Å². The number of likely N-dealkylation sites (N-methyl/N-ethyl adjacent to an activating group) is 1. The lowest BCUT2D eigenvalue weighted by molar-refractivity contribution is -0.384. The molecule has 1 unspecified atom stereocenters. The van der Waals surface area contributed by atoms with Crippen molar-refractivity contribution in [2.45, 2.75) is 12.6 Å². The molecule has 9 nitrogen and oxygen atoms in total. The normalized spacial score (nSPS) is 11.8. The van der Waals surface area contributed by atoms with Crippen LogP contribution in [0, 0.1) is 10.1 Å². The van der Waals surface area contributed by atoms with Crippen LogP contribution < -0.4 is 15.4 Å². The quantitative estimate of drug-likeness (QED) is 0.575. The maximum Gasteiger partial charge on any atom is 0.270 e. The van der Waals surface area contributed by atoms with Gasteiger partial charge >= 0.3 is 0 Å². The smallest absolute Gasteiger partial charge is 0.270 e. The van der Waals surface area contributed by atoms with E-state index in [0.29, 0.717) is 11.3 Å². The molecule has 1 aromatic carbocycles. The molecule has 0 radical (unpaired) electrons. The SMILES string of the molecule is CNC(C(=O)NCc1cc([N+](=O)[O-])ccc1OC)c1cnn(C)c1. The summed E-state index contributed by atoms with van der Waals surface area (Å²) in [5.74, 6) is 0.211. The molecular formula is C15H19N5O4. The number of non-ortho nitro benzene ring substituents is 1. The summed E-state index contributed by atoms with van der Waals surface area (Å²) in [5.41, 5.74) is 1.20. The first-order valence-corrected chi connectivity index (χ1v) is 7.21. The number of aromatic nitrogens is 2. The van der Waals surface area contributed by atoms with Crippen LogP contribution in [0.2, 0.25) is 0 Å². The Morgan fingerprint density at radius 3 is 2.79 bits per heavy atom. The number of rotatable bonds is 7. The summed E-state index contributed by atoms with van der Waals surface area (Å²) in [7, 11) is 4.91. The zero-order valence-electron chi connectivity index (χ0n) is 13.6. The summed E-state index contributed by atoms with van der Waals surface area (Å²) >= 11 is 0. The summed E-state index contributed by atoms with van der Waals surface area (Å²) in [5, 5.41) is 20.6. The third kappa shape index (κ3) is 3.87. The second kappa shape index (κ2) is 7.55. The topological polar surface area (TPSA) is 111 Å². The summed E-state index contributed by atoms with van der Waals surface area (Å²) in [6.07, 6.45) is 3.35. The standard InChI is InChI=1S/C15H19N5O4/c1-16-14(11-8-18-19(2)9-11)15(21)17-7-10-6-12(20(22)23)4-5-13(10)24-3/h4-6,8-9,14,16H,7H2,1-3H3,(H,17,21). The molecule has 1 heterocycles. The van der Waals surface area contributed by atoms with Gasteiger partial charge in [-0.1, -0.05) is 0 Å². The van der Waals surface area contributed by atoms with Gasteiger partial charge in [-0.2, -0.15) is 5.10 Å². The number of carbonyl (C=O) groups excluding carboxylic acids is 1. The number of nitrogens with one attached hydrogen (secondary N) is 2. The molecule has 2 rings (SSSR count). The second-order valence-corrected chi connectivity index (χ2v) is 5.14. The fourth-order valence-corrected chi connectivity index (χ4v) is 2.34. The highest BCUT2D eigenvalue weighted by molar-refractivity contribution is 5.83. The lowest BCUT2D eigenvalue weighted by atomic mass is 10.1. The maximum atomic E-state index is 12.4. The van der Waals surface area contributed by atoms with Crippen LogP contribution >= 0.6 is 0 Å². The van der Waals surface area contributed by atoms with E-state index in [-0.39, 0.29) is 18.1 Å². The molecule has 9 heteroatoms. The van der Waals surface area contributed by atoms with E-state index in [2.05, 4.69) is 15.7 Å². The fourth-order valence-electron chi connectivity index (χ4n) is 2.34. The number of nitrogens with zero attached hydrogens (tertiary/aromatic N) is 3. The van der Waals surface area contributed by atoms with Crippen molar-refractivity contribution in [3.8, 4) is 5.75 Å². The number of hydrogen-bond acceptors (Lipinski definition) is 6. The summed E-state index contributed by atoms with van der Waals surface area (Å²) in [6.45, 7) is 0.113. The van der Waals surface area contributed by atoms with Gasteiger partial charge in [-0.15, -0.1) is 0 Å². The number of benzene rings is 1. The van der Waals surface area contributed by atoms with Crippen LogP contribution in [0.15, 0.2) is 30.6 Å². The maximum absolute atomic E-state index is 12.4. The Morgan fingerprint density at radius 2 is 2.25 bits per heavy atom. The molecule has 1 atom stereocenters. The fraction of sp³-hybridized carbons (Fsp3) is 0.333. The number of nitro benzene ring substituents is 1. The summed E-state index contributed by atoms with van der Waals surface area (Å²) < 4.78 is 6.79. The van der Waals surface area contributed by atoms with E-state index in [4.69, 9.17) is 4.74 Å². The Bertz CT molecular complexity index is 743. The molecule has 2 N–H and O–H groups in total. The van der Waals surface area contributed by atoms with E-state index in [1.807, 2.05) is 0 Å². The van der Waals surface area contributed by atoms with Crippen LogP contribution in [0.5, 0.6) is 5.75 Å². The van der Waals surface area contributed by atoms with Crippen LogP contribution in [0.4, 0.5) is 5.69 Å². The van der Waals surface area contributed by atoms with Crippen LogP contribution in [0.1, 0.15) is 17.2 Å². The molecule has 0 aliphatic rings. The van der Waals surface area contributed by atoms with Crippen molar-refractivity contribution in [3.63, 3.8) is 0 Å². The average Bonchev–Trinajstić information content (AvgIpc) is 2.99. The van der Waals surface area contributed by atoms with Crippen molar-refractivity contribution < 1.29 is 14.5 Å². The molecule has 1 aromatic heterocycles. The Hall–Kier alpha value is -2.94. The van der Waals surface area contributed by atoms with E-state index in [0.717, 1.165) is 5.56 Å². The predicted molar refractivity (Wildman–Crippen MR) is 86.5 cm³/mol. The highest BCUT2D eigenvalue weighted by atomic mass is 16.6. The molecule has 2 aromatic rings. The van der Waals surface area contributed by atoms with Gasteiger partial charge in [-0.25, -0.2) is 0 Å². The second-order valence-electron chi connectivity index (χ2n) is 5.14. The highest BCUT2D eigenvalue weighted by Crippen LogP contribution is 2.24. The van der Waals surface area contributed by atoms with Gasteiger partial charge in [0, 0.05) is 43.0 Å². The zero-order valence-corrected chi connectivity index (χ0v) is 13.6. The Morgan fingerprint density at radius 1 is 1.50 bits per heavy atom. The average molecular weight is 333 g/mol.